The molecule has 4 nitrogen and oxygen atoms in total. The number of halogens is 1. The molecule has 0 aliphatic carbocycles. The number of imidazole rings is 1. The van der Waals surface area contributed by atoms with E-state index in [1.165, 1.54) is 0 Å². The Kier molecular flexibility index (Phi) is 6.48. The van der Waals surface area contributed by atoms with Crippen LogP contribution in [-0.2, 0) is 19.7 Å². The SMILES string of the molecule is Clc1ccccc1COc1ccccc1CNCCCn1ccnc1. The highest BCUT2D eigenvalue weighted by Gasteiger charge is 2.05. The van der Waals surface area contributed by atoms with Crippen LogP contribution in [0.5, 0.6) is 5.75 Å². The topological polar surface area (TPSA) is 39.1 Å². The van der Waals surface area contributed by atoms with E-state index in [0.717, 1.165) is 48.0 Å². The summed E-state index contributed by atoms with van der Waals surface area (Å²) in [5, 5.41) is 4.21. The molecule has 3 rings (SSSR count). The highest BCUT2D eigenvalue weighted by Crippen LogP contribution is 2.21. The number of rotatable bonds is 9. The number of para-hydroxylation sites is 1. The molecule has 25 heavy (non-hydrogen) atoms. The van der Waals surface area contributed by atoms with Crippen LogP contribution in [-0.4, -0.2) is 16.1 Å². The third-order valence-electron chi connectivity index (χ3n) is 3.96. The molecule has 0 amide bonds. The van der Waals surface area contributed by atoms with Gasteiger partial charge in [0.15, 0.2) is 0 Å². The Balaban J connectivity index is 1.48. The fourth-order valence-corrected chi connectivity index (χ4v) is 2.78. The summed E-state index contributed by atoms with van der Waals surface area (Å²) in [6.07, 6.45) is 6.69. The largest absolute Gasteiger partial charge is 0.489 e. The van der Waals surface area contributed by atoms with Crippen molar-refractivity contribution in [3.8, 4) is 5.75 Å². The van der Waals surface area contributed by atoms with Crippen molar-refractivity contribution in [1.29, 1.82) is 0 Å². The zero-order chi connectivity index (χ0) is 17.3. The number of benzene rings is 2. The third kappa shape index (κ3) is 5.34. The van der Waals surface area contributed by atoms with Gasteiger partial charge in [0.25, 0.3) is 0 Å². The van der Waals surface area contributed by atoms with Crippen molar-refractivity contribution in [2.45, 2.75) is 26.1 Å². The molecule has 1 heterocycles. The van der Waals surface area contributed by atoms with Gasteiger partial charge in [-0.3, -0.25) is 0 Å². The molecule has 0 radical (unpaired) electrons. The Morgan fingerprint density at radius 2 is 1.84 bits per heavy atom. The summed E-state index contributed by atoms with van der Waals surface area (Å²) in [7, 11) is 0. The fourth-order valence-electron chi connectivity index (χ4n) is 2.59. The van der Waals surface area contributed by atoms with E-state index in [-0.39, 0.29) is 0 Å². The molecule has 2 aromatic carbocycles. The molecule has 0 bridgehead atoms. The maximum Gasteiger partial charge on any atom is 0.124 e. The van der Waals surface area contributed by atoms with Gasteiger partial charge in [-0.2, -0.15) is 0 Å². The van der Waals surface area contributed by atoms with Gasteiger partial charge in [0.05, 0.1) is 6.33 Å². The van der Waals surface area contributed by atoms with E-state index in [4.69, 9.17) is 16.3 Å². The summed E-state index contributed by atoms with van der Waals surface area (Å²) in [5.41, 5.74) is 2.14. The smallest absolute Gasteiger partial charge is 0.124 e. The van der Waals surface area contributed by atoms with E-state index in [1.807, 2.05) is 55.0 Å². The lowest BCUT2D eigenvalue weighted by molar-refractivity contribution is 0.302. The molecular weight excluding hydrogens is 334 g/mol. The first kappa shape index (κ1) is 17.5. The number of nitrogens with one attached hydrogen (secondary N) is 1. The second-order valence-corrected chi connectivity index (χ2v) is 6.23. The molecule has 0 atom stereocenters. The average Bonchev–Trinajstić information content (AvgIpc) is 3.15. The first-order valence-corrected chi connectivity index (χ1v) is 8.81. The molecule has 0 unspecified atom stereocenters. The van der Waals surface area contributed by atoms with Crippen LogP contribution in [0.2, 0.25) is 5.02 Å². The summed E-state index contributed by atoms with van der Waals surface area (Å²) in [5.74, 6) is 0.893. The number of ether oxygens (including phenoxy) is 1. The second-order valence-electron chi connectivity index (χ2n) is 5.82. The van der Waals surface area contributed by atoms with Crippen molar-refractivity contribution in [2.24, 2.45) is 0 Å². The predicted octanol–water partition coefficient (Wildman–Crippen LogP) is 4.30. The van der Waals surface area contributed by atoms with E-state index in [1.54, 1.807) is 6.20 Å². The number of aromatic nitrogens is 2. The zero-order valence-electron chi connectivity index (χ0n) is 14.1. The van der Waals surface area contributed by atoms with Crippen LogP contribution in [0.4, 0.5) is 0 Å². The van der Waals surface area contributed by atoms with Crippen molar-refractivity contribution in [3.63, 3.8) is 0 Å². The van der Waals surface area contributed by atoms with Gasteiger partial charge < -0.3 is 14.6 Å². The van der Waals surface area contributed by atoms with Crippen LogP contribution in [0.25, 0.3) is 0 Å². The minimum absolute atomic E-state index is 0.470. The molecule has 3 aromatic rings. The van der Waals surface area contributed by atoms with Crippen LogP contribution in [0.1, 0.15) is 17.5 Å². The van der Waals surface area contributed by atoms with Gasteiger partial charge in [0.2, 0.25) is 0 Å². The average molecular weight is 356 g/mol. The molecule has 130 valence electrons. The summed E-state index contributed by atoms with van der Waals surface area (Å²) in [4.78, 5) is 4.05. The molecule has 0 fully saturated rings. The first-order valence-electron chi connectivity index (χ1n) is 8.43. The molecule has 5 heteroatoms. The lowest BCUT2D eigenvalue weighted by atomic mass is 10.2. The van der Waals surface area contributed by atoms with Gasteiger partial charge >= 0.3 is 0 Å². The van der Waals surface area contributed by atoms with Gasteiger partial charge in [-0.15, -0.1) is 0 Å². The zero-order valence-corrected chi connectivity index (χ0v) is 14.8. The van der Waals surface area contributed by atoms with Gasteiger partial charge in [-0.1, -0.05) is 48.0 Å². The number of aryl methyl sites for hydroxylation is 1. The fraction of sp³-hybridized carbons (Fsp3) is 0.250. The molecule has 0 aliphatic heterocycles. The van der Waals surface area contributed by atoms with E-state index < -0.39 is 0 Å². The summed E-state index contributed by atoms with van der Waals surface area (Å²) >= 11 is 6.19. The van der Waals surface area contributed by atoms with Gasteiger partial charge in [-0.05, 0) is 25.1 Å². The summed E-state index contributed by atoms with van der Waals surface area (Å²) in [6.45, 7) is 3.16. The van der Waals surface area contributed by atoms with Gasteiger partial charge in [0.1, 0.15) is 12.4 Å². The number of nitrogens with zero attached hydrogens (tertiary/aromatic N) is 2. The van der Waals surface area contributed by atoms with Gasteiger partial charge in [0, 0.05) is 41.6 Å². The Labute approximate surface area is 153 Å². The molecule has 0 saturated heterocycles. The van der Waals surface area contributed by atoms with Crippen molar-refractivity contribution in [2.75, 3.05) is 6.54 Å². The minimum atomic E-state index is 0.470. The number of hydrogen-bond donors (Lipinski definition) is 1. The molecular formula is C20H22ClN3O. The first-order chi connectivity index (χ1) is 12.3. The quantitative estimate of drug-likeness (QED) is 0.582. The van der Waals surface area contributed by atoms with Crippen LogP contribution in [0.15, 0.2) is 67.3 Å². The van der Waals surface area contributed by atoms with Crippen molar-refractivity contribution in [3.05, 3.63) is 83.4 Å². The predicted molar refractivity (Wildman–Crippen MR) is 101 cm³/mol. The second kappa shape index (κ2) is 9.25. The maximum absolute atomic E-state index is 6.19. The van der Waals surface area contributed by atoms with Crippen LogP contribution >= 0.6 is 11.6 Å². The van der Waals surface area contributed by atoms with E-state index >= 15 is 0 Å². The lowest BCUT2D eigenvalue weighted by Gasteiger charge is -2.13. The van der Waals surface area contributed by atoms with Crippen LogP contribution in [0, 0.1) is 0 Å². The van der Waals surface area contributed by atoms with Gasteiger partial charge in [-0.25, -0.2) is 4.98 Å². The van der Waals surface area contributed by atoms with Crippen LogP contribution in [0.3, 0.4) is 0 Å². The molecule has 1 aromatic heterocycles. The molecule has 0 saturated carbocycles. The Morgan fingerprint density at radius 3 is 2.64 bits per heavy atom. The van der Waals surface area contributed by atoms with E-state index in [9.17, 15) is 0 Å². The molecule has 1 N–H and O–H groups in total. The molecule has 0 aliphatic rings. The van der Waals surface area contributed by atoms with Crippen molar-refractivity contribution < 1.29 is 4.74 Å². The summed E-state index contributed by atoms with van der Waals surface area (Å²) < 4.78 is 8.07. The normalized spacial score (nSPS) is 10.8. The Hall–Kier alpha value is -2.30. The number of hydrogen-bond acceptors (Lipinski definition) is 3. The van der Waals surface area contributed by atoms with Crippen molar-refractivity contribution >= 4 is 11.6 Å². The highest BCUT2D eigenvalue weighted by molar-refractivity contribution is 6.31. The molecule has 0 spiro atoms. The maximum atomic E-state index is 6.19. The van der Waals surface area contributed by atoms with E-state index in [0.29, 0.717) is 6.61 Å². The standard InChI is InChI=1S/C20H22ClN3O/c21-19-8-3-1-7-18(19)15-25-20-9-4-2-6-17(20)14-22-10-5-12-24-13-11-23-16-24/h1-4,6-9,11,13,16,22H,5,10,12,14-15H2. The highest BCUT2D eigenvalue weighted by atomic mass is 35.5. The monoisotopic (exact) mass is 355 g/mol. The van der Waals surface area contributed by atoms with Crippen LogP contribution < -0.4 is 10.1 Å². The third-order valence-corrected chi connectivity index (χ3v) is 4.33. The Bertz CT molecular complexity index is 774. The van der Waals surface area contributed by atoms with Crippen molar-refractivity contribution in [1.82, 2.24) is 14.9 Å². The minimum Gasteiger partial charge on any atom is -0.489 e. The lowest BCUT2D eigenvalue weighted by Crippen LogP contribution is -2.17. The Morgan fingerprint density at radius 1 is 1.04 bits per heavy atom. The van der Waals surface area contributed by atoms with E-state index in [2.05, 4.69) is 20.9 Å². The summed E-state index contributed by atoms with van der Waals surface area (Å²) in [6, 6.07) is 15.9.